The summed E-state index contributed by atoms with van der Waals surface area (Å²) in [5.74, 6) is -4.03. The average Bonchev–Trinajstić information content (AvgIpc) is 3.16. The Hall–Kier alpha value is -3.02. The Bertz CT molecular complexity index is 1020. The number of nitrogens with zero attached hydrogens (tertiary/aromatic N) is 2. The highest BCUT2D eigenvalue weighted by atomic mass is 32.1. The molecule has 1 atom stereocenters. The lowest BCUT2D eigenvalue weighted by atomic mass is 10.1. The number of ether oxygens (including phenoxy) is 1. The monoisotopic (exact) mass is 438 g/mol. The number of hydrogen-bond acceptors (Lipinski definition) is 7. The fraction of sp³-hybridized carbons (Fsp3) is 0.211. The lowest BCUT2D eigenvalue weighted by Gasteiger charge is -2.13. The molecule has 0 aliphatic heterocycles. The van der Waals surface area contributed by atoms with Crippen molar-refractivity contribution in [3.63, 3.8) is 0 Å². The van der Waals surface area contributed by atoms with Crippen LogP contribution in [0.2, 0.25) is 0 Å². The van der Waals surface area contributed by atoms with E-state index in [1.165, 1.54) is 6.20 Å². The minimum atomic E-state index is -1.00. The van der Waals surface area contributed by atoms with Crippen molar-refractivity contribution >= 4 is 23.1 Å². The molecule has 1 unspecified atom stereocenters. The maximum absolute atomic E-state index is 14.2. The summed E-state index contributed by atoms with van der Waals surface area (Å²) in [6.07, 6.45) is 1.34. The molecular formula is C19H17F3N4O3S. The van der Waals surface area contributed by atoms with Crippen molar-refractivity contribution in [2.75, 3.05) is 25.1 Å². The molecular weight excluding hydrogens is 421 g/mol. The van der Waals surface area contributed by atoms with E-state index in [4.69, 9.17) is 15.6 Å². The van der Waals surface area contributed by atoms with Gasteiger partial charge in [0.2, 0.25) is 5.06 Å². The Morgan fingerprint density at radius 3 is 2.60 bits per heavy atom. The summed E-state index contributed by atoms with van der Waals surface area (Å²) in [6, 6.07) is 5.06. The third-order valence-corrected chi connectivity index (χ3v) is 4.82. The second-order valence-electron chi connectivity index (χ2n) is 6.20. The molecule has 1 aromatic carbocycles. The number of carbonyl (C=O) groups excluding carboxylic acids is 1. The minimum absolute atomic E-state index is 0.115. The smallest absolute Gasteiger partial charge is 0.274 e. The van der Waals surface area contributed by atoms with Gasteiger partial charge in [-0.25, -0.2) is 18.2 Å². The lowest BCUT2D eigenvalue weighted by molar-refractivity contribution is 0.102. The van der Waals surface area contributed by atoms with Gasteiger partial charge in [-0.1, -0.05) is 6.07 Å². The molecule has 0 saturated carbocycles. The standard InChI is InChI=1S/C19H17F3N4O3S/c20-11-2-1-3-12(21)16(11)17-13(22)4-5-14(25-17)18(28)26-15-7-24-30-19(15)29-9-10(6-23)8-27/h1-5,7,10,27H,6,8-9,23H2,(H,26,28). The summed E-state index contributed by atoms with van der Waals surface area (Å²) in [7, 11) is 0. The number of aromatic nitrogens is 2. The number of pyridine rings is 1. The van der Waals surface area contributed by atoms with Crippen LogP contribution in [-0.2, 0) is 0 Å². The van der Waals surface area contributed by atoms with Crippen LogP contribution in [-0.4, -0.2) is 40.1 Å². The Balaban J connectivity index is 1.82. The maximum Gasteiger partial charge on any atom is 0.274 e. The summed E-state index contributed by atoms with van der Waals surface area (Å²) < 4.78 is 51.7. The van der Waals surface area contributed by atoms with Crippen LogP contribution in [0, 0.1) is 23.4 Å². The van der Waals surface area contributed by atoms with Gasteiger partial charge in [0.05, 0.1) is 25.0 Å². The van der Waals surface area contributed by atoms with Crippen molar-refractivity contribution in [1.29, 1.82) is 0 Å². The number of aliphatic hydroxyl groups is 1. The van der Waals surface area contributed by atoms with Crippen LogP contribution < -0.4 is 15.8 Å². The maximum atomic E-state index is 14.2. The number of carbonyl (C=O) groups is 1. The Morgan fingerprint density at radius 1 is 1.20 bits per heavy atom. The van der Waals surface area contributed by atoms with Crippen molar-refractivity contribution in [3.8, 4) is 16.3 Å². The van der Waals surface area contributed by atoms with Gasteiger partial charge in [-0.3, -0.25) is 4.79 Å². The van der Waals surface area contributed by atoms with E-state index in [1.807, 2.05) is 0 Å². The molecule has 30 heavy (non-hydrogen) atoms. The molecule has 7 nitrogen and oxygen atoms in total. The molecule has 11 heteroatoms. The number of rotatable bonds is 8. The van der Waals surface area contributed by atoms with E-state index < -0.39 is 34.6 Å². The lowest BCUT2D eigenvalue weighted by Crippen LogP contribution is -2.24. The molecule has 4 N–H and O–H groups in total. The summed E-state index contributed by atoms with van der Waals surface area (Å²) in [5, 5.41) is 12.0. The molecule has 3 rings (SSSR count). The summed E-state index contributed by atoms with van der Waals surface area (Å²) in [6.45, 7) is 0.168. The Morgan fingerprint density at radius 2 is 1.93 bits per heavy atom. The topological polar surface area (TPSA) is 110 Å². The van der Waals surface area contributed by atoms with Gasteiger partial charge in [0.25, 0.3) is 5.91 Å². The molecule has 2 heterocycles. The van der Waals surface area contributed by atoms with Gasteiger partial charge in [0.15, 0.2) is 0 Å². The van der Waals surface area contributed by atoms with Crippen LogP contribution >= 0.6 is 11.5 Å². The molecule has 0 bridgehead atoms. The number of hydrogen-bond donors (Lipinski definition) is 3. The minimum Gasteiger partial charge on any atom is -0.481 e. The van der Waals surface area contributed by atoms with Gasteiger partial charge in [-0.2, -0.15) is 4.37 Å². The van der Waals surface area contributed by atoms with E-state index in [9.17, 15) is 18.0 Å². The third-order valence-electron chi connectivity index (χ3n) is 4.11. The average molecular weight is 438 g/mol. The highest BCUT2D eigenvalue weighted by Crippen LogP contribution is 2.30. The third kappa shape index (κ3) is 4.75. The molecule has 3 aromatic rings. The summed E-state index contributed by atoms with van der Waals surface area (Å²) in [5.41, 5.74) is 4.18. The fourth-order valence-electron chi connectivity index (χ4n) is 2.46. The van der Waals surface area contributed by atoms with E-state index in [0.717, 1.165) is 41.9 Å². The molecule has 0 aliphatic rings. The predicted molar refractivity (Wildman–Crippen MR) is 105 cm³/mol. The zero-order valence-electron chi connectivity index (χ0n) is 15.4. The largest absolute Gasteiger partial charge is 0.481 e. The number of nitrogens with two attached hydrogens (primary N) is 1. The van der Waals surface area contributed by atoms with Gasteiger partial charge in [-0.05, 0) is 24.3 Å². The van der Waals surface area contributed by atoms with E-state index in [-0.39, 0.29) is 42.1 Å². The highest BCUT2D eigenvalue weighted by Gasteiger charge is 2.20. The van der Waals surface area contributed by atoms with Crippen molar-refractivity contribution in [2.24, 2.45) is 11.7 Å². The second-order valence-corrected chi connectivity index (χ2v) is 6.96. The normalized spacial score (nSPS) is 11.9. The van der Waals surface area contributed by atoms with E-state index in [1.54, 1.807) is 0 Å². The van der Waals surface area contributed by atoms with Crippen LogP contribution in [0.4, 0.5) is 18.9 Å². The van der Waals surface area contributed by atoms with Crippen LogP contribution in [0.25, 0.3) is 11.3 Å². The van der Waals surface area contributed by atoms with E-state index in [2.05, 4.69) is 14.7 Å². The van der Waals surface area contributed by atoms with E-state index in [0.29, 0.717) is 0 Å². The summed E-state index contributed by atoms with van der Waals surface area (Å²) in [4.78, 5) is 16.4. The number of aliphatic hydroxyl groups excluding tert-OH is 1. The van der Waals surface area contributed by atoms with Crippen molar-refractivity contribution in [1.82, 2.24) is 9.36 Å². The number of anilines is 1. The first-order valence-electron chi connectivity index (χ1n) is 8.75. The predicted octanol–water partition coefficient (Wildman–Crippen LogP) is 2.82. The number of nitrogens with one attached hydrogen (secondary N) is 1. The molecule has 0 saturated heterocycles. The first-order valence-corrected chi connectivity index (χ1v) is 9.52. The van der Waals surface area contributed by atoms with Gasteiger partial charge < -0.3 is 20.9 Å². The SMILES string of the molecule is NCC(CO)COc1sncc1NC(=O)c1ccc(F)c(-c2c(F)cccc2F)n1. The van der Waals surface area contributed by atoms with Gasteiger partial charge >= 0.3 is 0 Å². The molecule has 0 radical (unpaired) electrons. The first-order chi connectivity index (χ1) is 14.4. The fourth-order valence-corrected chi connectivity index (χ4v) is 3.04. The van der Waals surface area contributed by atoms with Crippen molar-refractivity contribution in [2.45, 2.75) is 0 Å². The quantitative estimate of drug-likeness (QED) is 0.499. The van der Waals surface area contributed by atoms with Crippen molar-refractivity contribution < 1.29 is 27.8 Å². The van der Waals surface area contributed by atoms with Crippen LogP contribution in [0.5, 0.6) is 5.06 Å². The van der Waals surface area contributed by atoms with Crippen LogP contribution in [0.1, 0.15) is 10.5 Å². The molecule has 0 spiro atoms. The van der Waals surface area contributed by atoms with Gasteiger partial charge in [-0.15, -0.1) is 0 Å². The number of benzene rings is 1. The Labute approximate surface area is 173 Å². The van der Waals surface area contributed by atoms with Crippen molar-refractivity contribution in [3.05, 3.63) is 59.7 Å². The van der Waals surface area contributed by atoms with Crippen LogP contribution in [0.3, 0.4) is 0 Å². The van der Waals surface area contributed by atoms with Gasteiger partial charge in [0.1, 0.15) is 34.5 Å². The highest BCUT2D eigenvalue weighted by molar-refractivity contribution is 7.08. The molecule has 1 amide bonds. The van der Waals surface area contributed by atoms with Crippen LogP contribution in [0.15, 0.2) is 36.5 Å². The first kappa shape index (κ1) is 21.7. The molecule has 2 aromatic heterocycles. The summed E-state index contributed by atoms with van der Waals surface area (Å²) >= 11 is 0.967. The second kappa shape index (κ2) is 9.65. The zero-order valence-corrected chi connectivity index (χ0v) is 16.3. The zero-order chi connectivity index (χ0) is 21.7. The Kier molecular flexibility index (Phi) is 6.98. The molecule has 158 valence electrons. The molecule has 0 aliphatic carbocycles. The van der Waals surface area contributed by atoms with E-state index >= 15 is 0 Å². The van der Waals surface area contributed by atoms with Gasteiger partial charge in [0, 0.05) is 24.0 Å². The molecule has 0 fully saturated rings. The number of halogens is 3. The number of amides is 1.